The number of likely N-dealkylation sites (tertiary alicyclic amines) is 1. The van der Waals surface area contributed by atoms with Crippen LogP contribution in [0.2, 0.25) is 0 Å². The number of nitrogens with zero attached hydrogens (tertiary/aromatic N) is 7. The normalized spacial score (nSPS) is 15.2. The minimum atomic E-state index is -0.927. The van der Waals surface area contributed by atoms with Crippen molar-refractivity contribution in [2.45, 2.75) is 32.7 Å². The summed E-state index contributed by atoms with van der Waals surface area (Å²) in [5.41, 5.74) is 1.24. The molecular weight excluding hydrogens is 583 g/mol. The minimum Gasteiger partial charge on any atom is -0.467 e. The van der Waals surface area contributed by atoms with Crippen LogP contribution in [0.1, 0.15) is 30.4 Å². The summed E-state index contributed by atoms with van der Waals surface area (Å²) in [5.74, 6) is -1.92. The number of anilines is 1. The van der Waals surface area contributed by atoms with Crippen molar-refractivity contribution in [2.75, 3.05) is 32.1 Å². The number of ether oxygens (including phenoxy) is 1. The SMILES string of the molecule is CCc1c(F)ccc2cccc(-c3ncc4c(N(C)C5CCN(C(=O)/C(F)=C/c6ccnc(C)n6)C5)nc(OC)nc4c3F)c12. The monoisotopic (exact) mass is 613 g/mol. The number of halogens is 3. The largest absolute Gasteiger partial charge is 0.467 e. The van der Waals surface area contributed by atoms with Gasteiger partial charge in [-0.05, 0) is 48.2 Å². The first-order valence-electron chi connectivity index (χ1n) is 14.5. The Balaban J connectivity index is 1.34. The van der Waals surface area contributed by atoms with E-state index in [4.69, 9.17) is 4.74 Å². The number of methoxy groups -OCH3 is 1. The van der Waals surface area contributed by atoms with Crippen LogP contribution < -0.4 is 9.64 Å². The van der Waals surface area contributed by atoms with E-state index in [1.54, 1.807) is 37.1 Å². The van der Waals surface area contributed by atoms with Gasteiger partial charge in [0.25, 0.3) is 5.91 Å². The van der Waals surface area contributed by atoms with Gasteiger partial charge < -0.3 is 14.5 Å². The number of amides is 1. The predicted octanol–water partition coefficient (Wildman–Crippen LogP) is 5.84. The highest BCUT2D eigenvalue weighted by molar-refractivity contribution is 6.01. The van der Waals surface area contributed by atoms with Crippen molar-refractivity contribution in [3.05, 3.63) is 83.3 Å². The Morgan fingerprint density at radius 2 is 1.96 bits per heavy atom. The van der Waals surface area contributed by atoms with Crippen LogP contribution in [0.4, 0.5) is 19.0 Å². The van der Waals surface area contributed by atoms with Crippen LogP contribution in [0.5, 0.6) is 6.01 Å². The molecule has 230 valence electrons. The molecule has 4 heterocycles. The molecule has 45 heavy (non-hydrogen) atoms. The first kappa shape index (κ1) is 29.9. The van der Waals surface area contributed by atoms with Gasteiger partial charge in [0.2, 0.25) is 0 Å². The maximum absolute atomic E-state index is 16.4. The molecule has 0 spiro atoms. The number of hydrogen-bond donors (Lipinski definition) is 0. The second-order valence-corrected chi connectivity index (χ2v) is 10.8. The Morgan fingerprint density at radius 1 is 1.13 bits per heavy atom. The van der Waals surface area contributed by atoms with Crippen LogP contribution in [-0.2, 0) is 11.2 Å². The lowest BCUT2D eigenvalue weighted by Crippen LogP contribution is -2.37. The van der Waals surface area contributed by atoms with Crippen molar-refractivity contribution >= 4 is 39.5 Å². The predicted molar refractivity (Wildman–Crippen MR) is 165 cm³/mol. The highest BCUT2D eigenvalue weighted by Gasteiger charge is 2.33. The molecule has 0 radical (unpaired) electrons. The maximum Gasteiger partial charge on any atom is 0.318 e. The average molecular weight is 614 g/mol. The van der Waals surface area contributed by atoms with Crippen LogP contribution in [0.25, 0.3) is 39.0 Å². The van der Waals surface area contributed by atoms with Gasteiger partial charge in [0.15, 0.2) is 11.6 Å². The van der Waals surface area contributed by atoms with E-state index in [0.29, 0.717) is 58.6 Å². The Labute approximate surface area is 257 Å². The second kappa shape index (κ2) is 12.1. The van der Waals surface area contributed by atoms with Gasteiger partial charge in [-0.25, -0.2) is 23.1 Å². The number of aromatic nitrogens is 5. The van der Waals surface area contributed by atoms with Crippen molar-refractivity contribution in [1.29, 1.82) is 0 Å². The van der Waals surface area contributed by atoms with E-state index < -0.39 is 17.6 Å². The number of pyridine rings is 1. The quantitative estimate of drug-likeness (QED) is 0.211. The van der Waals surface area contributed by atoms with Crippen LogP contribution in [0.15, 0.2) is 54.6 Å². The molecule has 0 saturated carbocycles. The van der Waals surface area contributed by atoms with Crippen molar-refractivity contribution in [3.63, 3.8) is 0 Å². The molecule has 5 aromatic rings. The summed E-state index contributed by atoms with van der Waals surface area (Å²) >= 11 is 0. The van der Waals surface area contributed by atoms with Crippen LogP contribution in [0, 0.1) is 18.6 Å². The fraction of sp³-hybridized carbons (Fsp3) is 0.273. The Hall–Kier alpha value is -5.13. The highest BCUT2D eigenvalue weighted by Crippen LogP contribution is 2.37. The number of carbonyl (C=O) groups is 1. The topological polar surface area (TPSA) is 97.2 Å². The fourth-order valence-corrected chi connectivity index (χ4v) is 5.85. The maximum atomic E-state index is 16.4. The van der Waals surface area contributed by atoms with Gasteiger partial charge in [0.1, 0.15) is 28.7 Å². The summed E-state index contributed by atoms with van der Waals surface area (Å²) in [4.78, 5) is 37.6. The van der Waals surface area contributed by atoms with Crippen molar-refractivity contribution in [3.8, 4) is 17.3 Å². The Kier molecular flexibility index (Phi) is 8.05. The fourth-order valence-electron chi connectivity index (χ4n) is 5.85. The third-order valence-corrected chi connectivity index (χ3v) is 8.14. The summed E-state index contributed by atoms with van der Waals surface area (Å²) in [6, 6.07) is 9.62. The van der Waals surface area contributed by atoms with Crippen molar-refractivity contribution < 1.29 is 22.7 Å². The molecule has 1 unspecified atom stereocenters. The van der Waals surface area contributed by atoms with Gasteiger partial charge in [-0.1, -0.05) is 31.2 Å². The summed E-state index contributed by atoms with van der Waals surface area (Å²) < 4.78 is 51.4. The van der Waals surface area contributed by atoms with E-state index in [1.165, 1.54) is 36.5 Å². The number of aryl methyl sites for hydroxylation is 2. The van der Waals surface area contributed by atoms with E-state index in [-0.39, 0.29) is 35.6 Å². The first-order chi connectivity index (χ1) is 21.7. The third-order valence-electron chi connectivity index (χ3n) is 8.14. The van der Waals surface area contributed by atoms with E-state index in [9.17, 15) is 13.6 Å². The molecule has 9 nitrogen and oxygen atoms in total. The van der Waals surface area contributed by atoms with Gasteiger partial charge >= 0.3 is 6.01 Å². The average Bonchev–Trinajstić information content (AvgIpc) is 3.54. The molecule has 1 amide bonds. The molecule has 1 atom stereocenters. The summed E-state index contributed by atoms with van der Waals surface area (Å²) in [6.45, 7) is 4.05. The minimum absolute atomic E-state index is 0.0137. The van der Waals surface area contributed by atoms with Crippen LogP contribution in [-0.4, -0.2) is 69.0 Å². The van der Waals surface area contributed by atoms with Gasteiger partial charge in [-0.3, -0.25) is 9.78 Å². The van der Waals surface area contributed by atoms with Crippen LogP contribution in [0.3, 0.4) is 0 Å². The molecule has 0 N–H and O–H groups in total. The number of likely N-dealkylation sites (N-methyl/N-ethyl adjacent to an activating group) is 1. The Morgan fingerprint density at radius 3 is 2.71 bits per heavy atom. The molecule has 12 heteroatoms. The third kappa shape index (κ3) is 5.52. The molecule has 1 aliphatic heterocycles. The summed E-state index contributed by atoms with van der Waals surface area (Å²) in [5, 5.41) is 1.69. The van der Waals surface area contributed by atoms with Gasteiger partial charge in [-0.15, -0.1) is 0 Å². The molecule has 1 fully saturated rings. The molecule has 0 bridgehead atoms. The molecule has 0 aliphatic carbocycles. The lowest BCUT2D eigenvalue weighted by atomic mass is 9.95. The smallest absolute Gasteiger partial charge is 0.318 e. The van der Waals surface area contributed by atoms with Crippen LogP contribution >= 0.6 is 0 Å². The lowest BCUT2D eigenvalue weighted by molar-refractivity contribution is -0.127. The number of carbonyl (C=O) groups excluding carboxylic acids is 1. The molecular formula is C33H30F3N7O2. The van der Waals surface area contributed by atoms with Crippen molar-refractivity contribution in [2.24, 2.45) is 0 Å². The standard InChI is InChI=1S/C33H30F3N7O2/c1-5-22-25(34)10-9-19-7-6-8-23(27(19)22)29-28(36)30-24(16-38-29)31(41-33(40-30)45-4)42(3)21-12-14-43(17-21)32(44)26(35)15-20-11-13-37-18(2)39-20/h6-11,13,15-16,21H,5,12,14,17H2,1-4H3/b26-15-. The molecule has 1 saturated heterocycles. The van der Waals surface area contributed by atoms with Crippen molar-refractivity contribution in [1.82, 2.24) is 29.8 Å². The van der Waals surface area contributed by atoms with E-state index in [1.807, 2.05) is 13.0 Å². The molecule has 3 aromatic heterocycles. The molecule has 1 aliphatic rings. The second-order valence-electron chi connectivity index (χ2n) is 10.8. The number of fused-ring (bicyclic) bond motifs is 2. The summed E-state index contributed by atoms with van der Waals surface area (Å²) in [6.07, 6.45) is 5.02. The van der Waals surface area contributed by atoms with Gasteiger partial charge in [-0.2, -0.15) is 9.97 Å². The summed E-state index contributed by atoms with van der Waals surface area (Å²) in [7, 11) is 3.15. The van der Waals surface area contributed by atoms with Gasteiger partial charge in [0.05, 0.1) is 18.2 Å². The number of benzene rings is 2. The lowest BCUT2D eigenvalue weighted by Gasteiger charge is -2.27. The van der Waals surface area contributed by atoms with E-state index in [0.717, 1.165) is 11.5 Å². The highest BCUT2D eigenvalue weighted by atomic mass is 19.1. The van der Waals surface area contributed by atoms with Gasteiger partial charge in [0, 0.05) is 50.2 Å². The van der Waals surface area contributed by atoms with E-state index in [2.05, 4.69) is 24.9 Å². The molecule has 2 aromatic carbocycles. The Bertz CT molecular complexity index is 1980. The van der Waals surface area contributed by atoms with E-state index >= 15 is 4.39 Å². The zero-order valence-electron chi connectivity index (χ0n) is 25.2. The zero-order chi connectivity index (χ0) is 31.8. The number of hydrogen-bond acceptors (Lipinski definition) is 8. The number of rotatable bonds is 7. The zero-order valence-corrected chi connectivity index (χ0v) is 25.2. The molecule has 6 rings (SSSR count). The first-order valence-corrected chi connectivity index (χ1v) is 14.5.